The lowest BCUT2D eigenvalue weighted by molar-refractivity contribution is 0.626. The van der Waals surface area contributed by atoms with Crippen molar-refractivity contribution in [3.8, 4) is 0 Å². The standard InChI is InChI=1S/C7H15NS/c1-3-4-5-6(2)7(8)9/h6H,3-5H2,1-2H3,(H2,8,9). The van der Waals surface area contributed by atoms with Gasteiger partial charge in [-0.1, -0.05) is 38.9 Å². The van der Waals surface area contributed by atoms with Crippen LogP contribution in [0.4, 0.5) is 0 Å². The van der Waals surface area contributed by atoms with Gasteiger partial charge in [-0.05, 0) is 6.42 Å². The average Bonchev–Trinajstić information content (AvgIpc) is 1.82. The Morgan fingerprint density at radius 3 is 2.56 bits per heavy atom. The van der Waals surface area contributed by atoms with Gasteiger partial charge < -0.3 is 5.73 Å². The number of rotatable bonds is 4. The van der Waals surface area contributed by atoms with Gasteiger partial charge in [-0.25, -0.2) is 0 Å². The molecule has 0 fully saturated rings. The topological polar surface area (TPSA) is 26.0 Å². The third-order valence-corrected chi connectivity index (χ3v) is 1.88. The van der Waals surface area contributed by atoms with E-state index in [1.807, 2.05) is 0 Å². The molecule has 0 aliphatic carbocycles. The van der Waals surface area contributed by atoms with E-state index in [4.69, 9.17) is 18.0 Å². The lowest BCUT2D eigenvalue weighted by Crippen LogP contribution is -2.17. The highest BCUT2D eigenvalue weighted by Gasteiger charge is 2.01. The highest BCUT2D eigenvalue weighted by Crippen LogP contribution is 2.06. The van der Waals surface area contributed by atoms with Gasteiger partial charge in [0.15, 0.2) is 0 Å². The maximum absolute atomic E-state index is 5.41. The zero-order valence-electron chi connectivity index (χ0n) is 6.18. The molecule has 0 amide bonds. The highest BCUT2D eigenvalue weighted by molar-refractivity contribution is 7.80. The predicted molar refractivity (Wildman–Crippen MR) is 45.5 cm³/mol. The summed E-state index contributed by atoms with van der Waals surface area (Å²) >= 11 is 4.81. The molecule has 0 aromatic heterocycles. The molecule has 0 aromatic carbocycles. The van der Waals surface area contributed by atoms with E-state index in [-0.39, 0.29) is 0 Å². The summed E-state index contributed by atoms with van der Waals surface area (Å²) in [6, 6.07) is 0. The molecule has 9 heavy (non-hydrogen) atoms. The fourth-order valence-electron chi connectivity index (χ4n) is 0.653. The summed E-state index contributed by atoms with van der Waals surface area (Å²) in [7, 11) is 0. The molecule has 0 rings (SSSR count). The van der Waals surface area contributed by atoms with Gasteiger partial charge in [0.2, 0.25) is 0 Å². The van der Waals surface area contributed by atoms with Crippen molar-refractivity contribution in [1.82, 2.24) is 0 Å². The third-order valence-electron chi connectivity index (χ3n) is 1.48. The molecule has 0 aromatic rings. The fourth-order valence-corrected chi connectivity index (χ4v) is 0.770. The van der Waals surface area contributed by atoms with Gasteiger partial charge in [0.1, 0.15) is 0 Å². The molecule has 0 radical (unpaired) electrons. The Balaban J connectivity index is 3.27. The Morgan fingerprint density at radius 1 is 1.67 bits per heavy atom. The molecule has 0 saturated heterocycles. The Bertz CT molecular complexity index is 90.9. The van der Waals surface area contributed by atoms with Gasteiger partial charge in [-0.3, -0.25) is 0 Å². The van der Waals surface area contributed by atoms with E-state index >= 15 is 0 Å². The van der Waals surface area contributed by atoms with Crippen molar-refractivity contribution < 1.29 is 0 Å². The van der Waals surface area contributed by atoms with Crippen LogP contribution >= 0.6 is 12.2 Å². The molecule has 2 heteroatoms. The molecular weight excluding hydrogens is 130 g/mol. The van der Waals surface area contributed by atoms with Crippen LogP contribution in [0.5, 0.6) is 0 Å². The molecule has 0 bridgehead atoms. The third kappa shape index (κ3) is 4.40. The van der Waals surface area contributed by atoms with Crippen LogP contribution in [0.25, 0.3) is 0 Å². The maximum atomic E-state index is 5.41. The minimum Gasteiger partial charge on any atom is -0.393 e. The monoisotopic (exact) mass is 145 g/mol. The van der Waals surface area contributed by atoms with Gasteiger partial charge in [0.05, 0.1) is 4.99 Å². The van der Waals surface area contributed by atoms with Gasteiger partial charge >= 0.3 is 0 Å². The second-order valence-electron chi connectivity index (χ2n) is 2.45. The van der Waals surface area contributed by atoms with Crippen molar-refractivity contribution >= 4 is 17.2 Å². The molecule has 1 atom stereocenters. The first-order chi connectivity index (χ1) is 4.18. The number of nitrogens with two attached hydrogens (primary N) is 1. The smallest absolute Gasteiger partial charge is 0.0755 e. The zero-order chi connectivity index (χ0) is 7.28. The molecule has 1 unspecified atom stereocenters. The molecular formula is C7H15NS. The Labute approximate surface area is 62.6 Å². The second kappa shape index (κ2) is 4.74. The second-order valence-corrected chi connectivity index (χ2v) is 2.92. The maximum Gasteiger partial charge on any atom is 0.0755 e. The van der Waals surface area contributed by atoms with Crippen molar-refractivity contribution in [3.63, 3.8) is 0 Å². The molecule has 0 spiro atoms. The van der Waals surface area contributed by atoms with Crippen LogP contribution in [0.1, 0.15) is 33.1 Å². The van der Waals surface area contributed by atoms with E-state index in [0.717, 1.165) is 6.42 Å². The lowest BCUT2D eigenvalue weighted by atomic mass is 10.1. The first-order valence-corrected chi connectivity index (χ1v) is 3.88. The van der Waals surface area contributed by atoms with E-state index < -0.39 is 0 Å². The molecule has 2 N–H and O–H groups in total. The Morgan fingerprint density at radius 2 is 2.22 bits per heavy atom. The van der Waals surface area contributed by atoms with E-state index in [0.29, 0.717) is 10.9 Å². The summed E-state index contributed by atoms with van der Waals surface area (Å²) in [4.78, 5) is 0.656. The predicted octanol–water partition coefficient (Wildman–Crippen LogP) is 2.10. The van der Waals surface area contributed by atoms with Crippen LogP contribution in [0.15, 0.2) is 0 Å². The van der Waals surface area contributed by atoms with Gasteiger partial charge in [-0.2, -0.15) is 0 Å². The van der Waals surface area contributed by atoms with Crippen LogP contribution < -0.4 is 5.73 Å². The van der Waals surface area contributed by atoms with E-state index in [1.165, 1.54) is 12.8 Å². The van der Waals surface area contributed by atoms with E-state index in [2.05, 4.69) is 13.8 Å². The van der Waals surface area contributed by atoms with Crippen LogP contribution in [0, 0.1) is 5.92 Å². The molecule has 0 saturated carbocycles. The highest BCUT2D eigenvalue weighted by atomic mass is 32.1. The molecule has 0 heterocycles. The first kappa shape index (κ1) is 8.89. The summed E-state index contributed by atoms with van der Waals surface area (Å²) in [5, 5.41) is 0. The van der Waals surface area contributed by atoms with E-state index in [9.17, 15) is 0 Å². The summed E-state index contributed by atoms with van der Waals surface area (Å²) < 4.78 is 0. The van der Waals surface area contributed by atoms with Crippen molar-refractivity contribution in [2.45, 2.75) is 33.1 Å². The fraction of sp³-hybridized carbons (Fsp3) is 0.857. The summed E-state index contributed by atoms with van der Waals surface area (Å²) in [6.07, 6.45) is 3.61. The first-order valence-electron chi connectivity index (χ1n) is 3.47. The molecule has 0 aliphatic rings. The van der Waals surface area contributed by atoms with Crippen LogP contribution in [0.2, 0.25) is 0 Å². The van der Waals surface area contributed by atoms with Gasteiger partial charge in [0, 0.05) is 5.92 Å². The molecule has 0 aliphatic heterocycles. The number of thiocarbonyl (C=S) groups is 1. The summed E-state index contributed by atoms with van der Waals surface area (Å²) in [5.74, 6) is 0.431. The largest absolute Gasteiger partial charge is 0.393 e. The summed E-state index contributed by atoms with van der Waals surface area (Å²) in [6.45, 7) is 4.25. The molecule has 54 valence electrons. The normalized spacial score (nSPS) is 13.1. The average molecular weight is 145 g/mol. The Kier molecular flexibility index (Phi) is 4.68. The number of hydrogen-bond acceptors (Lipinski definition) is 1. The van der Waals surface area contributed by atoms with E-state index in [1.54, 1.807) is 0 Å². The number of hydrogen-bond donors (Lipinski definition) is 1. The van der Waals surface area contributed by atoms with Crippen molar-refractivity contribution in [2.24, 2.45) is 11.7 Å². The van der Waals surface area contributed by atoms with Gasteiger partial charge in [-0.15, -0.1) is 0 Å². The number of unbranched alkanes of at least 4 members (excludes halogenated alkanes) is 1. The molecule has 1 nitrogen and oxygen atoms in total. The van der Waals surface area contributed by atoms with Crippen molar-refractivity contribution in [2.75, 3.05) is 0 Å². The zero-order valence-corrected chi connectivity index (χ0v) is 7.00. The SMILES string of the molecule is CCCCC(C)C(N)=S. The quantitative estimate of drug-likeness (QED) is 0.613. The van der Waals surface area contributed by atoms with Crippen LogP contribution in [-0.2, 0) is 0 Å². The minimum absolute atomic E-state index is 0.431. The summed E-state index contributed by atoms with van der Waals surface area (Å²) in [5.41, 5.74) is 5.41. The minimum atomic E-state index is 0.431. The van der Waals surface area contributed by atoms with Crippen molar-refractivity contribution in [1.29, 1.82) is 0 Å². The van der Waals surface area contributed by atoms with Gasteiger partial charge in [0.25, 0.3) is 0 Å². The van der Waals surface area contributed by atoms with Crippen molar-refractivity contribution in [3.05, 3.63) is 0 Å². The van der Waals surface area contributed by atoms with Crippen LogP contribution in [-0.4, -0.2) is 4.99 Å². The van der Waals surface area contributed by atoms with Crippen LogP contribution in [0.3, 0.4) is 0 Å². The Hall–Kier alpha value is -0.110. The lowest BCUT2D eigenvalue weighted by Gasteiger charge is -2.06.